The Morgan fingerprint density at radius 3 is 3.00 bits per heavy atom. The quantitative estimate of drug-likeness (QED) is 0.882. The summed E-state index contributed by atoms with van der Waals surface area (Å²) in [5.74, 6) is -0.0684. The van der Waals surface area contributed by atoms with E-state index >= 15 is 0 Å². The molecule has 1 aliphatic rings. The van der Waals surface area contributed by atoms with Crippen molar-refractivity contribution in [1.29, 1.82) is 0 Å². The van der Waals surface area contributed by atoms with Crippen molar-refractivity contribution in [3.05, 3.63) is 28.5 Å². The van der Waals surface area contributed by atoms with Gasteiger partial charge in [0.2, 0.25) is 0 Å². The van der Waals surface area contributed by atoms with Gasteiger partial charge in [0.05, 0.1) is 7.11 Å². The first-order valence-corrected chi connectivity index (χ1v) is 5.84. The minimum atomic E-state index is -0.386. The lowest BCUT2D eigenvalue weighted by molar-refractivity contribution is 0.379. The summed E-state index contributed by atoms with van der Waals surface area (Å²) in [5, 5.41) is 3.80. The van der Waals surface area contributed by atoms with Crippen LogP contribution < -0.4 is 10.1 Å². The van der Waals surface area contributed by atoms with Crippen molar-refractivity contribution in [2.24, 2.45) is 0 Å². The van der Waals surface area contributed by atoms with E-state index in [1.165, 1.54) is 19.6 Å². The van der Waals surface area contributed by atoms with Crippen molar-refractivity contribution in [1.82, 2.24) is 5.32 Å². The third-order valence-corrected chi connectivity index (χ3v) is 3.14. The van der Waals surface area contributed by atoms with Gasteiger partial charge in [0, 0.05) is 16.6 Å². The fraction of sp³-hybridized carbons (Fsp3) is 0.500. The van der Waals surface area contributed by atoms with E-state index in [9.17, 15) is 4.39 Å². The summed E-state index contributed by atoms with van der Waals surface area (Å²) in [6.07, 6.45) is 3.06. The fourth-order valence-corrected chi connectivity index (χ4v) is 2.42. The van der Waals surface area contributed by atoms with Crippen LogP contribution in [0.1, 0.15) is 18.4 Å². The molecular weight excluding hydrogens is 229 g/mol. The van der Waals surface area contributed by atoms with Gasteiger partial charge < -0.3 is 10.1 Å². The molecule has 4 heteroatoms. The number of rotatable bonds is 3. The molecule has 1 heterocycles. The Balaban J connectivity index is 2.23. The van der Waals surface area contributed by atoms with Gasteiger partial charge in [-0.05, 0) is 37.9 Å². The summed E-state index contributed by atoms with van der Waals surface area (Å²) in [5.41, 5.74) is 0.840. The average molecular weight is 244 g/mol. The molecule has 0 spiro atoms. The summed E-state index contributed by atoms with van der Waals surface area (Å²) in [6, 6.07) is 3.47. The van der Waals surface area contributed by atoms with Gasteiger partial charge in [-0.3, -0.25) is 0 Å². The Labute approximate surface area is 99.7 Å². The van der Waals surface area contributed by atoms with Gasteiger partial charge in [-0.15, -0.1) is 0 Å². The van der Waals surface area contributed by atoms with Crippen molar-refractivity contribution in [3.63, 3.8) is 0 Å². The summed E-state index contributed by atoms with van der Waals surface area (Å²) in [4.78, 5) is 0. The lowest BCUT2D eigenvalue weighted by Gasteiger charge is -2.14. The molecule has 88 valence electrons. The van der Waals surface area contributed by atoms with E-state index in [1.54, 1.807) is 6.07 Å². The summed E-state index contributed by atoms with van der Waals surface area (Å²) < 4.78 is 18.6. The van der Waals surface area contributed by atoms with Gasteiger partial charge in [0.1, 0.15) is 0 Å². The lowest BCUT2D eigenvalue weighted by Crippen LogP contribution is -2.24. The Morgan fingerprint density at radius 2 is 2.38 bits per heavy atom. The van der Waals surface area contributed by atoms with Crippen LogP contribution in [-0.4, -0.2) is 19.7 Å². The van der Waals surface area contributed by atoms with Crippen LogP contribution in [0, 0.1) is 5.82 Å². The molecule has 1 fully saturated rings. The molecule has 16 heavy (non-hydrogen) atoms. The number of hydrogen-bond acceptors (Lipinski definition) is 2. The summed E-state index contributed by atoms with van der Waals surface area (Å²) in [6.45, 7) is 1.04. The molecule has 1 N–H and O–H groups in total. The Hall–Kier alpha value is -0.800. The molecule has 1 aliphatic heterocycles. The van der Waals surface area contributed by atoms with E-state index < -0.39 is 0 Å². The number of hydrogen-bond donors (Lipinski definition) is 1. The van der Waals surface area contributed by atoms with Crippen molar-refractivity contribution < 1.29 is 9.13 Å². The second kappa shape index (κ2) is 5.02. The Bertz CT molecular complexity index is 378. The lowest BCUT2D eigenvalue weighted by atomic mass is 10.0. The highest BCUT2D eigenvalue weighted by molar-refractivity contribution is 6.30. The van der Waals surface area contributed by atoms with Crippen LogP contribution in [0.3, 0.4) is 0 Å². The number of ether oxygens (including phenoxy) is 1. The minimum Gasteiger partial charge on any atom is -0.493 e. The number of halogens is 2. The van der Waals surface area contributed by atoms with Crippen molar-refractivity contribution in [3.8, 4) is 5.75 Å². The third-order valence-electron chi connectivity index (χ3n) is 2.92. The molecule has 0 saturated carbocycles. The van der Waals surface area contributed by atoms with Gasteiger partial charge in [0.25, 0.3) is 0 Å². The van der Waals surface area contributed by atoms with Crippen LogP contribution in [0.4, 0.5) is 4.39 Å². The van der Waals surface area contributed by atoms with Crippen LogP contribution in [0.5, 0.6) is 5.75 Å². The van der Waals surface area contributed by atoms with E-state index in [4.69, 9.17) is 16.3 Å². The average Bonchev–Trinajstić information content (AvgIpc) is 2.70. The molecule has 0 radical (unpaired) electrons. The third kappa shape index (κ3) is 2.47. The number of nitrogens with one attached hydrogen (secondary N) is 1. The summed E-state index contributed by atoms with van der Waals surface area (Å²) >= 11 is 5.85. The first kappa shape index (κ1) is 11.7. The number of methoxy groups -OCH3 is 1. The van der Waals surface area contributed by atoms with E-state index in [0.717, 1.165) is 24.9 Å². The van der Waals surface area contributed by atoms with E-state index in [0.29, 0.717) is 16.8 Å². The fourth-order valence-electron chi connectivity index (χ4n) is 2.19. The second-order valence-corrected chi connectivity index (χ2v) is 4.51. The summed E-state index contributed by atoms with van der Waals surface area (Å²) in [7, 11) is 1.48. The molecular formula is C12H15ClFNO. The van der Waals surface area contributed by atoms with Crippen LogP contribution in [0.15, 0.2) is 12.1 Å². The predicted molar refractivity (Wildman–Crippen MR) is 62.7 cm³/mol. The Morgan fingerprint density at radius 1 is 1.56 bits per heavy atom. The monoisotopic (exact) mass is 243 g/mol. The zero-order chi connectivity index (χ0) is 11.5. The zero-order valence-electron chi connectivity index (χ0n) is 9.22. The second-order valence-electron chi connectivity index (χ2n) is 4.08. The number of benzene rings is 1. The van der Waals surface area contributed by atoms with Crippen molar-refractivity contribution in [2.45, 2.75) is 25.3 Å². The standard InChI is InChI=1S/C12H15ClFNO/c1-16-12-8(5-9(13)7-11(12)14)6-10-3-2-4-15-10/h5,7,10,15H,2-4,6H2,1H3. The Kier molecular flexibility index (Phi) is 3.66. The van der Waals surface area contributed by atoms with Gasteiger partial charge in [-0.25, -0.2) is 4.39 Å². The first-order chi connectivity index (χ1) is 7.70. The topological polar surface area (TPSA) is 21.3 Å². The molecule has 2 nitrogen and oxygen atoms in total. The molecule has 1 unspecified atom stereocenters. The first-order valence-electron chi connectivity index (χ1n) is 5.46. The van der Waals surface area contributed by atoms with Crippen LogP contribution >= 0.6 is 11.6 Å². The maximum Gasteiger partial charge on any atom is 0.166 e. The van der Waals surface area contributed by atoms with Gasteiger partial charge in [-0.2, -0.15) is 0 Å². The smallest absolute Gasteiger partial charge is 0.166 e. The molecule has 0 bridgehead atoms. The maximum atomic E-state index is 13.6. The largest absolute Gasteiger partial charge is 0.493 e. The predicted octanol–water partition coefficient (Wildman–Crippen LogP) is 2.78. The van der Waals surface area contributed by atoms with Crippen molar-refractivity contribution >= 4 is 11.6 Å². The van der Waals surface area contributed by atoms with Crippen LogP contribution in [0.25, 0.3) is 0 Å². The SMILES string of the molecule is COc1c(F)cc(Cl)cc1CC1CCCN1. The minimum absolute atomic E-state index is 0.318. The highest BCUT2D eigenvalue weighted by Gasteiger charge is 2.18. The molecule has 2 rings (SSSR count). The maximum absolute atomic E-state index is 13.6. The highest BCUT2D eigenvalue weighted by Crippen LogP contribution is 2.28. The van der Waals surface area contributed by atoms with Gasteiger partial charge >= 0.3 is 0 Å². The van der Waals surface area contributed by atoms with E-state index in [1.807, 2.05) is 0 Å². The molecule has 0 aromatic heterocycles. The zero-order valence-corrected chi connectivity index (χ0v) is 9.98. The van der Waals surface area contributed by atoms with Crippen LogP contribution in [0.2, 0.25) is 5.02 Å². The molecule has 1 saturated heterocycles. The molecule has 1 atom stereocenters. The van der Waals surface area contributed by atoms with Gasteiger partial charge in [0.15, 0.2) is 11.6 Å². The molecule has 0 aliphatic carbocycles. The van der Waals surface area contributed by atoms with Crippen LogP contribution in [-0.2, 0) is 6.42 Å². The van der Waals surface area contributed by atoms with Crippen molar-refractivity contribution in [2.75, 3.05) is 13.7 Å². The molecule has 1 aromatic carbocycles. The van der Waals surface area contributed by atoms with Gasteiger partial charge in [-0.1, -0.05) is 11.6 Å². The molecule has 1 aromatic rings. The molecule has 0 amide bonds. The van der Waals surface area contributed by atoms with E-state index in [-0.39, 0.29) is 5.82 Å². The van der Waals surface area contributed by atoms with E-state index in [2.05, 4.69) is 5.32 Å². The highest BCUT2D eigenvalue weighted by atomic mass is 35.5. The normalized spacial score (nSPS) is 20.1.